The van der Waals surface area contributed by atoms with Crippen LogP contribution in [-0.4, -0.2) is 40.4 Å². The number of benzene rings is 12. The highest BCUT2D eigenvalue weighted by molar-refractivity contribution is 5.73. The predicted molar refractivity (Wildman–Crippen MR) is 505 cm³/mol. The fourth-order valence-corrected chi connectivity index (χ4v) is 18.9. The number of ether oxygens (including phenoxy) is 6. The van der Waals surface area contributed by atoms with Gasteiger partial charge >= 0.3 is 0 Å². The summed E-state index contributed by atoms with van der Waals surface area (Å²) in [5, 5.41) is 0. The summed E-state index contributed by atoms with van der Waals surface area (Å²) in [4.78, 5) is 13.9. The van der Waals surface area contributed by atoms with Crippen LogP contribution in [0.3, 0.4) is 0 Å². The Kier molecular flexibility index (Phi) is 22.3. The highest BCUT2D eigenvalue weighted by atomic mass is 16.5. The fraction of sp³-hybridized carbons (Fsp3) is 0.243. The SMILES string of the molecule is C=CCc1cc(C(C)(C)c2cc(CC=C)c3c(c2)CN(c2ccc(-c4ccc(N5COc6c(CC=C)cc(C(C)(C)c7cc(CC=C)c8c(c7)CN(c7ccc(-c9ccc(N%10COc%11c(CC=C)cc(C(C)(C)c%12cc(CC=C)c%13c(c%12)CN(c%12ccccc%12)CO%13)cc%11C%10)cc9)cc7)CO8)cc6C5)cc4)cc2)CO3)cc2c1OCN(c1ccccc1)C2. The number of anilines is 6. The van der Waals surface area contributed by atoms with Gasteiger partial charge in [-0.3, -0.25) is 0 Å². The monoisotopic (exact) mass is 1620 g/mol. The summed E-state index contributed by atoms with van der Waals surface area (Å²) in [6.07, 6.45) is 16.1. The van der Waals surface area contributed by atoms with Crippen LogP contribution in [0, 0.1) is 0 Å². The zero-order chi connectivity index (χ0) is 84.7. The Morgan fingerprint density at radius 3 is 0.553 bits per heavy atom. The molecular weight excluding hydrogens is 1510 g/mol. The van der Waals surface area contributed by atoms with Gasteiger partial charge in [0.15, 0.2) is 40.4 Å². The molecule has 0 fully saturated rings. The van der Waals surface area contributed by atoms with Crippen molar-refractivity contribution in [2.45, 2.75) is 136 Å². The number of fused-ring (bicyclic) bond motifs is 6. The number of hydrogen-bond donors (Lipinski definition) is 0. The highest BCUT2D eigenvalue weighted by Crippen LogP contribution is 2.49. The minimum Gasteiger partial charge on any atom is -0.472 e. The van der Waals surface area contributed by atoms with E-state index in [4.69, 9.17) is 28.4 Å². The van der Waals surface area contributed by atoms with Crippen LogP contribution >= 0.6 is 0 Å². The molecule has 0 N–H and O–H groups in total. The molecule has 0 saturated heterocycles. The number of nitrogens with zero attached hydrogens (tertiary/aromatic N) is 6. The van der Waals surface area contributed by atoms with Gasteiger partial charge in [-0.15, -0.1) is 39.5 Å². The number of hydrogen-bond acceptors (Lipinski definition) is 12. The van der Waals surface area contributed by atoms with E-state index in [0.717, 1.165) is 150 Å². The quantitative estimate of drug-likeness (QED) is 0.0485. The van der Waals surface area contributed by atoms with Gasteiger partial charge in [0, 0.05) is 123 Å². The Labute approximate surface area is 726 Å². The van der Waals surface area contributed by atoms with E-state index in [1.165, 1.54) is 66.8 Å². The standard InChI is InChI=1S/C111H110N6O6/c1-13-25-79-51-91(57-85-63-112(69-118-103(79)85)97-31-21-19-22-32-97)109(7,8)93-53-81(27-15-3)105-87(59-93)65-114(71-120-105)99-43-35-75(36-44-99)77-39-47-101(48-40-77)116-67-89-61-95(55-83(29-17-5)107(89)122-73-116)111(11,12)96-56-84(30-18-6)108-90(62-96)68-117(74-123-108)102-49-41-78(42-50-102)76-37-45-100(46-38-76)115-66-88-60-94(54-82(28-16-4)106(88)121-72-115)110(9,10)92-52-80(26-14-2)104-86(58-92)64-113(70-119-104)98-33-23-20-24-34-98/h13-24,31-62H,1-6,25-30,63-74H2,7-12H3. The van der Waals surface area contributed by atoms with E-state index >= 15 is 0 Å². The third-order valence-electron chi connectivity index (χ3n) is 26.2. The smallest absolute Gasteiger partial charge is 0.161 e. The van der Waals surface area contributed by atoms with E-state index in [1.54, 1.807) is 0 Å². The summed E-state index contributed by atoms with van der Waals surface area (Å²) in [6.45, 7) is 46.2. The molecule has 12 heteroatoms. The van der Waals surface area contributed by atoms with Crippen molar-refractivity contribution in [3.63, 3.8) is 0 Å². The van der Waals surface area contributed by atoms with Crippen molar-refractivity contribution in [1.82, 2.24) is 0 Å². The van der Waals surface area contributed by atoms with E-state index in [0.29, 0.717) is 92.2 Å². The molecule has 0 unspecified atom stereocenters. The molecule has 0 amide bonds. The largest absolute Gasteiger partial charge is 0.472 e. The first-order valence-electron chi connectivity index (χ1n) is 43.3. The number of para-hydroxylation sites is 2. The van der Waals surface area contributed by atoms with Crippen molar-refractivity contribution >= 4 is 34.1 Å². The molecule has 12 aromatic rings. The minimum absolute atomic E-state index is 0.343. The average molecular weight is 1620 g/mol. The van der Waals surface area contributed by atoms with Crippen LogP contribution in [-0.2, 0) is 94.0 Å². The fourth-order valence-electron chi connectivity index (χ4n) is 18.9. The van der Waals surface area contributed by atoms with Crippen LogP contribution in [0.4, 0.5) is 34.1 Å². The average Bonchev–Trinajstić information content (AvgIpc) is 0.759. The van der Waals surface area contributed by atoms with Crippen molar-refractivity contribution in [3.8, 4) is 56.8 Å². The normalized spacial score (nSPS) is 14.7. The van der Waals surface area contributed by atoms with Gasteiger partial charge in [-0.1, -0.05) is 199 Å². The van der Waals surface area contributed by atoms with Crippen molar-refractivity contribution in [2.75, 3.05) is 69.8 Å². The van der Waals surface area contributed by atoms with Crippen molar-refractivity contribution in [3.05, 3.63) is 407 Å². The van der Waals surface area contributed by atoms with Crippen molar-refractivity contribution < 1.29 is 28.4 Å². The van der Waals surface area contributed by atoms with Gasteiger partial charge in [0.2, 0.25) is 0 Å². The number of allylic oxidation sites excluding steroid dienone is 6. The molecule has 123 heavy (non-hydrogen) atoms. The first kappa shape index (κ1) is 80.7. The topological polar surface area (TPSA) is 74.8 Å². The number of rotatable bonds is 26. The van der Waals surface area contributed by atoms with Gasteiger partial charge in [0.05, 0.1) is 0 Å². The molecule has 0 bridgehead atoms. The lowest BCUT2D eigenvalue weighted by atomic mass is 9.75. The Morgan fingerprint density at radius 2 is 0.390 bits per heavy atom. The molecule has 6 heterocycles. The lowest BCUT2D eigenvalue weighted by molar-refractivity contribution is 0.286. The maximum Gasteiger partial charge on any atom is 0.161 e. The molecule has 0 aliphatic carbocycles. The second-order valence-electron chi connectivity index (χ2n) is 35.3. The molecule has 12 nitrogen and oxygen atoms in total. The maximum absolute atomic E-state index is 6.77. The third kappa shape index (κ3) is 15.9. The zero-order valence-corrected chi connectivity index (χ0v) is 72.0. The second kappa shape index (κ2) is 33.9. The van der Waals surface area contributed by atoms with Crippen molar-refractivity contribution in [1.29, 1.82) is 0 Å². The van der Waals surface area contributed by atoms with Crippen LogP contribution in [0.5, 0.6) is 34.5 Å². The van der Waals surface area contributed by atoms with Gasteiger partial charge in [-0.2, -0.15) is 0 Å². The van der Waals surface area contributed by atoms with Gasteiger partial charge in [0.1, 0.15) is 34.5 Å². The molecule has 0 aromatic heterocycles. The van der Waals surface area contributed by atoms with Gasteiger partial charge in [-0.05, 0) is 237 Å². The third-order valence-corrected chi connectivity index (χ3v) is 26.2. The van der Waals surface area contributed by atoms with E-state index < -0.39 is 5.41 Å². The molecule has 6 aliphatic rings. The van der Waals surface area contributed by atoms with Crippen LogP contribution < -0.4 is 57.8 Å². The first-order valence-corrected chi connectivity index (χ1v) is 43.3. The highest BCUT2D eigenvalue weighted by Gasteiger charge is 2.37. The molecule has 18 rings (SSSR count). The molecule has 0 atom stereocenters. The summed E-state index contributed by atoms with van der Waals surface area (Å²) in [7, 11) is 0. The lowest BCUT2D eigenvalue weighted by Gasteiger charge is -2.36. The molecule has 0 saturated carbocycles. The maximum atomic E-state index is 6.77. The van der Waals surface area contributed by atoms with E-state index in [-0.39, 0.29) is 10.8 Å². The van der Waals surface area contributed by atoms with Crippen LogP contribution in [0.15, 0.2) is 306 Å². The lowest BCUT2D eigenvalue weighted by Crippen LogP contribution is -2.33. The van der Waals surface area contributed by atoms with Gasteiger partial charge in [0.25, 0.3) is 0 Å². The first-order chi connectivity index (χ1) is 59.9. The van der Waals surface area contributed by atoms with Crippen LogP contribution in [0.2, 0.25) is 0 Å². The zero-order valence-electron chi connectivity index (χ0n) is 72.0. The van der Waals surface area contributed by atoms with Crippen molar-refractivity contribution in [2.24, 2.45) is 0 Å². The summed E-state index contributed by atoms with van der Waals surface area (Å²) >= 11 is 0. The minimum atomic E-state index is -0.400. The van der Waals surface area contributed by atoms with E-state index in [2.05, 4.69) is 341 Å². The van der Waals surface area contributed by atoms with Gasteiger partial charge in [-0.25, -0.2) is 0 Å². The second-order valence-corrected chi connectivity index (χ2v) is 35.3. The predicted octanol–water partition coefficient (Wildman–Crippen LogP) is 24.5. The summed E-state index contributed by atoms with van der Waals surface area (Å²) < 4.78 is 40.0. The molecule has 12 aromatic carbocycles. The molecule has 620 valence electrons. The Bertz CT molecular complexity index is 5660. The Hall–Kier alpha value is -13.3. The van der Waals surface area contributed by atoms with E-state index in [9.17, 15) is 0 Å². The molecule has 6 aliphatic heterocycles. The van der Waals surface area contributed by atoms with Crippen LogP contribution in [0.25, 0.3) is 22.3 Å². The molecule has 0 radical (unpaired) electrons. The molecule has 0 spiro atoms. The Morgan fingerprint density at radius 1 is 0.228 bits per heavy atom. The molecular formula is C111H110N6O6. The van der Waals surface area contributed by atoms with E-state index in [1.807, 2.05) is 36.5 Å². The summed E-state index contributed by atoms with van der Waals surface area (Å²) in [5.41, 5.74) is 31.5. The Balaban J connectivity index is 0.531. The summed E-state index contributed by atoms with van der Waals surface area (Å²) in [6, 6.07) is 84.9. The van der Waals surface area contributed by atoms with Crippen LogP contribution in [0.1, 0.15) is 142 Å². The van der Waals surface area contributed by atoms with Gasteiger partial charge < -0.3 is 57.8 Å². The summed E-state index contributed by atoms with van der Waals surface area (Å²) in [5.74, 6) is 5.78.